The Morgan fingerprint density at radius 2 is 1.97 bits per heavy atom. The van der Waals surface area contributed by atoms with Crippen molar-refractivity contribution in [2.24, 2.45) is 5.92 Å². The third-order valence-electron chi connectivity index (χ3n) is 8.03. The van der Waals surface area contributed by atoms with Crippen molar-refractivity contribution in [3.8, 4) is 0 Å². The van der Waals surface area contributed by atoms with Gasteiger partial charge in [-0.1, -0.05) is 0 Å². The summed E-state index contributed by atoms with van der Waals surface area (Å²) in [5.74, 6) is 3.34. The van der Waals surface area contributed by atoms with Gasteiger partial charge >= 0.3 is 0 Å². The Morgan fingerprint density at radius 3 is 2.76 bits per heavy atom. The van der Waals surface area contributed by atoms with Crippen LogP contribution in [0.25, 0.3) is 5.65 Å². The average Bonchev–Trinajstić information content (AvgIpc) is 3.25. The Kier molecular flexibility index (Phi) is 4.75. The molecule has 5 aliphatic rings. The molecular formula is C24H31N9O. The van der Waals surface area contributed by atoms with Crippen LogP contribution in [0.5, 0.6) is 0 Å². The van der Waals surface area contributed by atoms with Crippen molar-refractivity contribution in [1.82, 2.24) is 34.8 Å². The SMILES string of the molecule is O=C(N[C@@H]1CN2CCC1CC2)[C@@H]1CCCN1c1nc(Nc2cc(C3CC3)[nH]n2)n2cccc2n1. The molecule has 4 saturated heterocycles. The first-order valence-electron chi connectivity index (χ1n) is 12.7. The number of H-pyrrole nitrogens is 1. The van der Waals surface area contributed by atoms with Crippen LogP contribution in [0.2, 0.25) is 0 Å². The molecule has 178 valence electrons. The zero-order valence-corrected chi connectivity index (χ0v) is 19.3. The second-order valence-corrected chi connectivity index (χ2v) is 10.3. The van der Waals surface area contributed by atoms with Crippen molar-refractivity contribution in [2.45, 2.75) is 56.5 Å². The third-order valence-corrected chi connectivity index (χ3v) is 8.03. The fraction of sp³-hybridized carbons (Fsp3) is 0.583. The Balaban J connectivity index is 1.13. The van der Waals surface area contributed by atoms with E-state index in [2.05, 4.69) is 36.7 Å². The Bertz CT molecular complexity index is 1210. The molecule has 0 unspecified atom stereocenters. The van der Waals surface area contributed by atoms with E-state index in [1.165, 1.54) is 44.5 Å². The maximum Gasteiger partial charge on any atom is 0.243 e. The number of carbonyl (C=O) groups excluding carboxylic acids is 1. The van der Waals surface area contributed by atoms with Crippen molar-refractivity contribution < 1.29 is 4.79 Å². The zero-order chi connectivity index (χ0) is 22.6. The normalized spacial score (nSPS) is 28.5. The fourth-order valence-electron chi connectivity index (χ4n) is 5.94. The molecule has 10 nitrogen and oxygen atoms in total. The van der Waals surface area contributed by atoms with Crippen molar-refractivity contribution in [3.05, 3.63) is 30.1 Å². The summed E-state index contributed by atoms with van der Waals surface area (Å²) in [6, 6.07) is 6.03. The van der Waals surface area contributed by atoms with E-state index in [0.29, 0.717) is 23.7 Å². The molecule has 2 bridgehead atoms. The van der Waals surface area contributed by atoms with Gasteiger partial charge in [-0.2, -0.15) is 15.1 Å². The number of hydrogen-bond donors (Lipinski definition) is 3. The molecule has 0 aromatic carbocycles. The summed E-state index contributed by atoms with van der Waals surface area (Å²) in [6.45, 7) is 4.11. The molecule has 34 heavy (non-hydrogen) atoms. The van der Waals surface area contributed by atoms with Crippen molar-refractivity contribution >= 4 is 29.3 Å². The van der Waals surface area contributed by atoms with E-state index in [1.807, 2.05) is 22.7 Å². The van der Waals surface area contributed by atoms with E-state index in [9.17, 15) is 4.79 Å². The first kappa shape index (κ1) is 20.3. The maximum absolute atomic E-state index is 13.4. The molecule has 3 aromatic heterocycles. The fourth-order valence-corrected chi connectivity index (χ4v) is 5.94. The Labute approximate surface area is 198 Å². The van der Waals surface area contributed by atoms with Crippen LogP contribution in [0.1, 0.15) is 50.1 Å². The highest BCUT2D eigenvalue weighted by Crippen LogP contribution is 2.39. The van der Waals surface area contributed by atoms with E-state index in [0.717, 1.165) is 37.4 Å². The average molecular weight is 462 g/mol. The number of hydrogen-bond acceptors (Lipinski definition) is 7. The predicted molar refractivity (Wildman–Crippen MR) is 128 cm³/mol. The first-order valence-corrected chi connectivity index (χ1v) is 12.7. The molecule has 2 atom stereocenters. The van der Waals surface area contributed by atoms with Gasteiger partial charge < -0.3 is 20.4 Å². The molecular weight excluding hydrogens is 430 g/mol. The maximum atomic E-state index is 13.4. The minimum absolute atomic E-state index is 0.117. The number of amides is 1. The van der Waals surface area contributed by atoms with Crippen LogP contribution >= 0.6 is 0 Å². The van der Waals surface area contributed by atoms with Gasteiger partial charge in [0.05, 0.1) is 0 Å². The smallest absolute Gasteiger partial charge is 0.243 e. The largest absolute Gasteiger partial charge is 0.350 e. The van der Waals surface area contributed by atoms with Gasteiger partial charge in [0, 0.05) is 43.0 Å². The van der Waals surface area contributed by atoms with Crippen molar-refractivity contribution in [2.75, 3.05) is 36.4 Å². The summed E-state index contributed by atoms with van der Waals surface area (Å²) >= 11 is 0. The van der Waals surface area contributed by atoms with Gasteiger partial charge in [0.25, 0.3) is 0 Å². The monoisotopic (exact) mass is 461 g/mol. The highest BCUT2D eigenvalue weighted by atomic mass is 16.2. The number of rotatable bonds is 6. The number of aromatic amines is 1. The van der Waals surface area contributed by atoms with Gasteiger partial charge in [-0.15, -0.1) is 0 Å². The molecule has 7 heterocycles. The molecule has 1 saturated carbocycles. The number of aromatic nitrogens is 5. The molecule has 3 aromatic rings. The molecule has 1 aliphatic carbocycles. The third kappa shape index (κ3) is 3.60. The quantitative estimate of drug-likeness (QED) is 0.517. The lowest BCUT2D eigenvalue weighted by Gasteiger charge is -2.45. The van der Waals surface area contributed by atoms with E-state index >= 15 is 0 Å². The summed E-state index contributed by atoms with van der Waals surface area (Å²) < 4.78 is 1.92. The van der Waals surface area contributed by atoms with Gasteiger partial charge in [0.1, 0.15) is 11.7 Å². The first-order chi connectivity index (χ1) is 16.7. The summed E-state index contributed by atoms with van der Waals surface area (Å²) in [7, 11) is 0. The number of anilines is 3. The molecule has 1 amide bonds. The molecule has 4 aliphatic heterocycles. The van der Waals surface area contributed by atoms with Crippen LogP contribution in [0.15, 0.2) is 24.4 Å². The van der Waals surface area contributed by atoms with E-state index in [4.69, 9.17) is 9.97 Å². The summed E-state index contributed by atoms with van der Waals surface area (Å²) in [5.41, 5.74) is 1.97. The van der Waals surface area contributed by atoms with E-state index in [1.54, 1.807) is 0 Å². The molecule has 5 fully saturated rings. The molecule has 3 N–H and O–H groups in total. The predicted octanol–water partition coefficient (Wildman–Crippen LogP) is 2.25. The standard InChI is InChI=1S/C24H31N9O/c34-22(25-18-14-31-11-7-16(18)8-12-31)19-3-1-9-32(19)24-27-21-4-2-10-33(21)23(28-24)26-20-13-17(29-30-20)15-5-6-15/h2,4,10,13,15-16,18-19H,1,3,5-9,11-12,14H2,(H,25,34)(H2,26,27,28,29,30)/t18-,19+/m1/s1. The van der Waals surface area contributed by atoms with Crippen LogP contribution in [0, 0.1) is 5.92 Å². The highest BCUT2D eigenvalue weighted by Gasteiger charge is 2.39. The van der Waals surface area contributed by atoms with Gasteiger partial charge in [-0.25, -0.2) is 0 Å². The summed E-state index contributed by atoms with van der Waals surface area (Å²) in [4.78, 5) is 27.6. The van der Waals surface area contributed by atoms with Gasteiger partial charge in [-0.3, -0.25) is 14.3 Å². The van der Waals surface area contributed by atoms with Crippen LogP contribution in [0.3, 0.4) is 0 Å². The Hall–Kier alpha value is -3.14. The van der Waals surface area contributed by atoms with Crippen LogP contribution in [-0.4, -0.2) is 73.6 Å². The van der Waals surface area contributed by atoms with Crippen molar-refractivity contribution in [3.63, 3.8) is 0 Å². The lowest BCUT2D eigenvalue weighted by Crippen LogP contribution is -2.59. The minimum Gasteiger partial charge on any atom is -0.350 e. The van der Waals surface area contributed by atoms with Crippen molar-refractivity contribution in [1.29, 1.82) is 0 Å². The topological polar surface area (TPSA) is 106 Å². The van der Waals surface area contributed by atoms with Gasteiger partial charge in [0.15, 0.2) is 5.82 Å². The summed E-state index contributed by atoms with van der Waals surface area (Å²) in [5, 5.41) is 14.3. The zero-order valence-electron chi connectivity index (χ0n) is 19.3. The Morgan fingerprint density at radius 1 is 1.09 bits per heavy atom. The van der Waals surface area contributed by atoms with Crippen LogP contribution in [-0.2, 0) is 4.79 Å². The van der Waals surface area contributed by atoms with E-state index in [-0.39, 0.29) is 18.0 Å². The summed E-state index contributed by atoms with van der Waals surface area (Å²) in [6.07, 6.45) is 8.56. The molecule has 0 radical (unpaired) electrons. The number of piperidine rings is 3. The van der Waals surface area contributed by atoms with Gasteiger partial charge in [0.2, 0.25) is 17.8 Å². The minimum atomic E-state index is -0.229. The van der Waals surface area contributed by atoms with Crippen LogP contribution in [0.4, 0.5) is 17.7 Å². The number of nitrogens with one attached hydrogen (secondary N) is 3. The molecule has 8 rings (SSSR count). The second kappa shape index (κ2) is 7.97. The highest BCUT2D eigenvalue weighted by molar-refractivity contribution is 5.85. The van der Waals surface area contributed by atoms with E-state index < -0.39 is 0 Å². The molecule has 0 spiro atoms. The second-order valence-electron chi connectivity index (χ2n) is 10.3. The van der Waals surface area contributed by atoms with Gasteiger partial charge in [-0.05, 0) is 69.7 Å². The molecule has 10 heteroatoms. The number of nitrogens with zero attached hydrogens (tertiary/aromatic N) is 6. The number of fused-ring (bicyclic) bond motifs is 4. The lowest BCUT2D eigenvalue weighted by molar-refractivity contribution is -0.124. The van der Waals surface area contributed by atoms with Crippen LogP contribution < -0.4 is 15.5 Å². The number of carbonyl (C=O) groups is 1. The lowest BCUT2D eigenvalue weighted by atomic mass is 9.84.